The van der Waals surface area contributed by atoms with E-state index in [1.54, 1.807) is 26.6 Å². The third-order valence-corrected chi connectivity index (χ3v) is 15.2. The highest BCUT2D eigenvalue weighted by molar-refractivity contribution is 6.36. The Morgan fingerprint density at radius 1 is 0.972 bits per heavy atom. The molecule has 0 unspecified atom stereocenters. The molecular weight excluding hydrogens is 918 g/mol. The second-order valence-electron chi connectivity index (χ2n) is 19.6. The number of nitriles is 1. The fourth-order valence-corrected chi connectivity index (χ4v) is 11.2. The van der Waals surface area contributed by atoms with Crippen LogP contribution in [0.25, 0.3) is 32.9 Å². The Kier molecular flexibility index (Phi) is 13.7. The third kappa shape index (κ3) is 9.77. The molecule has 17 heteroatoms. The van der Waals surface area contributed by atoms with Crippen molar-refractivity contribution in [1.82, 2.24) is 39.2 Å². The molecule has 368 valence electrons. The Balaban J connectivity index is 0.781. The quantitative estimate of drug-likeness (QED) is 0.117. The van der Waals surface area contributed by atoms with Gasteiger partial charge in [-0.1, -0.05) is 42.4 Å². The van der Waals surface area contributed by atoms with Crippen molar-refractivity contribution in [3.8, 4) is 23.2 Å². The first-order valence-corrected chi connectivity index (χ1v) is 25.2. The maximum absolute atomic E-state index is 14.1. The van der Waals surface area contributed by atoms with Crippen LogP contribution in [0.1, 0.15) is 74.9 Å². The number of aromatic nitrogens is 5. The summed E-state index contributed by atoms with van der Waals surface area (Å²) in [6, 6.07) is 22.2. The molecule has 8 heterocycles. The molecule has 2 aromatic carbocycles. The van der Waals surface area contributed by atoms with Crippen molar-refractivity contribution in [2.75, 3.05) is 75.9 Å². The second kappa shape index (κ2) is 20.4. The number of fused-ring (bicyclic) bond motifs is 3. The molecule has 10 rings (SSSR count). The number of rotatable bonds is 12. The number of benzene rings is 2. The lowest BCUT2D eigenvalue weighted by molar-refractivity contribution is -0.130. The number of carbonyl (C=O) groups is 2. The van der Waals surface area contributed by atoms with Crippen molar-refractivity contribution in [3.63, 3.8) is 0 Å². The van der Waals surface area contributed by atoms with Crippen LogP contribution in [-0.2, 0) is 22.5 Å². The minimum absolute atomic E-state index is 0.0322. The topological polar surface area (TPSA) is 169 Å². The van der Waals surface area contributed by atoms with Crippen molar-refractivity contribution >= 4 is 56.9 Å². The maximum atomic E-state index is 14.1. The van der Waals surface area contributed by atoms with Gasteiger partial charge in [-0.2, -0.15) is 15.2 Å². The normalized spacial score (nSPS) is 18.8. The second-order valence-corrected chi connectivity index (χ2v) is 20.0. The van der Waals surface area contributed by atoms with Crippen molar-refractivity contribution in [2.45, 2.75) is 83.0 Å². The molecule has 0 bridgehead atoms. The van der Waals surface area contributed by atoms with Crippen molar-refractivity contribution in [1.29, 1.82) is 5.26 Å². The molecule has 0 aliphatic carbocycles. The Bertz CT molecular complexity index is 3100. The molecule has 3 saturated heterocycles. The SMILES string of the molecule is C=C(COC(=O)N1CCC(c2cc3c(-c4ccc(=O)n(C(C)C)c4)ccnc3[nH]2)CC1)C(=O)N1CCN(c2nc(OC[C@@H]3CCCN3C)nc3c2CCN(c2cccc4cccc(Cl)c24)C3)C[C@@H]1CC#N. The van der Waals surface area contributed by atoms with Gasteiger partial charge in [0.25, 0.3) is 11.5 Å². The molecule has 4 aliphatic heterocycles. The van der Waals surface area contributed by atoms with Crippen LogP contribution in [0.4, 0.5) is 16.3 Å². The van der Waals surface area contributed by atoms with Gasteiger partial charge in [0.05, 0.1) is 35.8 Å². The minimum atomic E-state index is -0.495. The number of hydrogen-bond donors (Lipinski definition) is 1. The van der Waals surface area contributed by atoms with Crippen LogP contribution < -0.4 is 20.1 Å². The summed E-state index contributed by atoms with van der Waals surface area (Å²) < 4.78 is 13.8. The first-order chi connectivity index (χ1) is 34.4. The number of anilines is 2. The molecule has 2 amide bonds. The van der Waals surface area contributed by atoms with E-state index in [0.29, 0.717) is 76.2 Å². The average molecular weight is 979 g/mol. The molecule has 4 aliphatic rings. The van der Waals surface area contributed by atoms with E-state index in [9.17, 15) is 19.6 Å². The summed E-state index contributed by atoms with van der Waals surface area (Å²) in [5, 5.41) is 13.8. The van der Waals surface area contributed by atoms with E-state index in [-0.39, 0.29) is 48.1 Å². The number of halogens is 1. The number of piperazine rings is 1. The van der Waals surface area contributed by atoms with Gasteiger partial charge in [-0.05, 0) is 106 Å². The number of nitrogens with zero attached hydrogens (tertiary/aromatic N) is 10. The number of hydrogen-bond acceptors (Lipinski definition) is 12. The van der Waals surface area contributed by atoms with E-state index in [4.69, 9.17) is 31.0 Å². The molecule has 0 spiro atoms. The molecule has 6 aromatic rings. The van der Waals surface area contributed by atoms with Crippen LogP contribution in [0.3, 0.4) is 0 Å². The summed E-state index contributed by atoms with van der Waals surface area (Å²) in [4.78, 5) is 68.3. The zero-order valence-corrected chi connectivity index (χ0v) is 41.4. The molecule has 16 nitrogen and oxygen atoms in total. The monoisotopic (exact) mass is 977 g/mol. The summed E-state index contributed by atoms with van der Waals surface area (Å²) >= 11 is 6.79. The van der Waals surface area contributed by atoms with E-state index in [0.717, 1.165) is 87.3 Å². The van der Waals surface area contributed by atoms with Crippen molar-refractivity contribution < 1.29 is 19.1 Å². The molecule has 71 heavy (non-hydrogen) atoms. The fourth-order valence-electron chi connectivity index (χ4n) is 10.9. The van der Waals surface area contributed by atoms with Crippen LogP contribution in [0, 0.1) is 11.3 Å². The van der Waals surface area contributed by atoms with Crippen LogP contribution >= 0.6 is 11.6 Å². The lowest BCUT2D eigenvalue weighted by Gasteiger charge is -2.42. The fraction of sp³-hybridized carbons (Fsp3) is 0.426. The first kappa shape index (κ1) is 47.7. The highest BCUT2D eigenvalue weighted by Gasteiger charge is 2.36. The Labute approximate surface area is 418 Å². The van der Waals surface area contributed by atoms with Gasteiger partial charge in [0.1, 0.15) is 24.7 Å². The number of carbonyl (C=O) groups excluding carboxylic acids is 2. The lowest BCUT2D eigenvalue weighted by atomic mass is 9.93. The van der Waals surface area contributed by atoms with Crippen LogP contribution in [0.2, 0.25) is 5.02 Å². The maximum Gasteiger partial charge on any atom is 0.410 e. The molecular formula is C54H60ClN11O5. The summed E-state index contributed by atoms with van der Waals surface area (Å²) in [7, 11) is 2.12. The van der Waals surface area contributed by atoms with Crippen LogP contribution in [0.5, 0.6) is 6.01 Å². The summed E-state index contributed by atoms with van der Waals surface area (Å²) in [5.41, 5.74) is 6.82. The van der Waals surface area contributed by atoms with Gasteiger partial charge in [0.15, 0.2) is 0 Å². The number of pyridine rings is 2. The van der Waals surface area contributed by atoms with Crippen molar-refractivity contribution in [3.05, 3.63) is 118 Å². The number of likely N-dealkylation sites (N-methyl/N-ethyl adjacent to an activating group) is 1. The Morgan fingerprint density at radius 3 is 2.56 bits per heavy atom. The van der Waals surface area contributed by atoms with Crippen LogP contribution in [0.15, 0.2) is 90.0 Å². The van der Waals surface area contributed by atoms with Crippen molar-refractivity contribution in [2.24, 2.45) is 0 Å². The molecule has 0 saturated carbocycles. The number of amides is 2. The van der Waals surface area contributed by atoms with E-state index >= 15 is 0 Å². The van der Waals surface area contributed by atoms with Crippen LogP contribution in [-0.4, -0.2) is 129 Å². The predicted octanol–water partition coefficient (Wildman–Crippen LogP) is 8.11. The highest BCUT2D eigenvalue weighted by Crippen LogP contribution is 2.38. The molecule has 1 N–H and O–H groups in total. The summed E-state index contributed by atoms with van der Waals surface area (Å²) in [5.74, 6) is 0.600. The van der Waals surface area contributed by atoms with Gasteiger partial charge >= 0.3 is 12.1 Å². The largest absolute Gasteiger partial charge is 0.462 e. The summed E-state index contributed by atoms with van der Waals surface area (Å²) in [6.07, 6.45) is 7.56. The van der Waals surface area contributed by atoms with E-state index in [1.807, 2.05) is 44.3 Å². The minimum Gasteiger partial charge on any atom is -0.462 e. The molecule has 4 aromatic heterocycles. The Hall–Kier alpha value is -6.96. The first-order valence-electron chi connectivity index (χ1n) is 24.8. The van der Waals surface area contributed by atoms with E-state index in [2.05, 4.69) is 74.7 Å². The standard InChI is InChI=1S/C54H60ClN11O5/c1-34(2)66-29-38(13-14-48(66)67)41-16-21-57-50-43(41)28-45(58-50)36-17-23-62(24-18-36)54(69)71-32-35(3)52(68)65-27-26-64(30-39(65)15-20-56)51-42-19-25-63(47-12-6-9-37-8-5-11-44(55)49(37)47)31-46(42)59-53(60-51)70-33-40-10-7-22-61(40)4/h5-6,8-9,11-14,16,21,28-29,34,36,39-40H,3,7,10,15,17-19,22-27,30-33H2,1-2,4H3,(H,57,58)/t39-,40-/m0/s1. The number of ether oxygens (including phenoxy) is 2. The van der Waals surface area contributed by atoms with Gasteiger partial charge in [-0.15, -0.1) is 0 Å². The third-order valence-electron chi connectivity index (χ3n) is 14.9. The zero-order valence-electron chi connectivity index (χ0n) is 40.6. The number of H-pyrrole nitrogens is 1. The number of nitrogens with one attached hydrogen (secondary N) is 1. The molecule has 0 radical (unpaired) electrons. The predicted molar refractivity (Wildman–Crippen MR) is 275 cm³/mol. The highest BCUT2D eigenvalue weighted by atomic mass is 35.5. The summed E-state index contributed by atoms with van der Waals surface area (Å²) in [6.45, 7) is 12.7. The zero-order chi connectivity index (χ0) is 49.3. The van der Waals surface area contributed by atoms with Gasteiger partial charge < -0.3 is 43.5 Å². The average Bonchev–Trinajstić information content (AvgIpc) is 4.02. The molecule has 2 atom stereocenters. The number of likely N-dealkylation sites (tertiary alicyclic amines) is 2. The lowest BCUT2D eigenvalue weighted by Crippen LogP contribution is -2.56. The van der Waals surface area contributed by atoms with Gasteiger partial charge in [-0.25, -0.2) is 9.78 Å². The number of aromatic amines is 1. The van der Waals surface area contributed by atoms with Gasteiger partial charge in [0, 0.05) is 109 Å². The smallest absolute Gasteiger partial charge is 0.410 e. The van der Waals surface area contributed by atoms with Gasteiger partial charge in [0.2, 0.25) is 0 Å². The molecule has 3 fully saturated rings. The number of piperidine rings is 1. The van der Waals surface area contributed by atoms with E-state index in [1.165, 1.54) is 0 Å². The Morgan fingerprint density at radius 2 is 1.79 bits per heavy atom. The van der Waals surface area contributed by atoms with Gasteiger partial charge in [-0.3, -0.25) is 9.59 Å². The van der Waals surface area contributed by atoms with E-state index < -0.39 is 12.1 Å².